The summed E-state index contributed by atoms with van der Waals surface area (Å²) in [6.07, 6.45) is 84.8. The Hall–Kier alpha value is -3.15. The molecule has 0 aliphatic carbocycles. The van der Waals surface area contributed by atoms with Gasteiger partial charge in [0.25, 0.3) is 0 Å². The van der Waals surface area contributed by atoms with Crippen LogP contribution in [-0.4, -0.2) is 37.2 Å². The Morgan fingerprint density at radius 3 is 0.805 bits per heavy atom. The molecule has 0 fully saturated rings. The zero-order valence-corrected chi connectivity index (χ0v) is 51.2. The van der Waals surface area contributed by atoms with E-state index in [0.717, 1.165) is 89.9 Å². The molecule has 0 saturated carbocycles. The van der Waals surface area contributed by atoms with Crippen LogP contribution in [0, 0.1) is 0 Å². The molecule has 6 nitrogen and oxygen atoms in total. The summed E-state index contributed by atoms with van der Waals surface area (Å²) in [6, 6.07) is 0. The highest BCUT2D eigenvalue weighted by Gasteiger charge is 2.19. The molecule has 6 heteroatoms. The molecule has 0 spiro atoms. The average molecular weight is 1080 g/mol. The molecule has 0 saturated heterocycles. The second-order valence-electron chi connectivity index (χ2n) is 22.3. The number of carbonyl (C=O) groups is 3. The number of hydrogen-bond acceptors (Lipinski definition) is 6. The molecule has 0 aromatic carbocycles. The van der Waals surface area contributed by atoms with E-state index in [1.54, 1.807) is 0 Å². The van der Waals surface area contributed by atoms with Crippen LogP contribution in [-0.2, 0) is 28.6 Å². The standard InChI is InChI=1S/C71H126O6/c1-4-7-10-13-16-19-22-25-28-31-33-35-37-40-43-46-49-52-55-58-61-64-70(73)76-67-68(66-75-69(72)63-60-57-54-51-48-45-42-39-30-27-24-21-18-15-12-9-6-3)77-71(74)65-62-59-56-53-50-47-44-41-38-36-34-32-29-26-23-20-17-14-11-8-5-2/h7,10,16,19,25,27-28,30,32-35,68H,4-6,8-9,11-15,17-18,20-24,26,29,31,36-67H2,1-3H3/b10-7-,19-16-,28-25-,30-27-,34-32-,35-33-. The van der Waals surface area contributed by atoms with Gasteiger partial charge in [-0.3, -0.25) is 14.4 Å². The van der Waals surface area contributed by atoms with Gasteiger partial charge in [-0.2, -0.15) is 0 Å². The van der Waals surface area contributed by atoms with Crippen LogP contribution in [0.3, 0.4) is 0 Å². The molecule has 0 aliphatic rings. The molecule has 0 radical (unpaired) electrons. The van der Waals surface area contributed by atoms with Gasteiger partial charge in [0.05, 0.1) is 0 Å². The minimum atomic E-state index is -0.783. The Morgan fingerprint density at radius 2 is 0.506 bits per heavy atom. The molecule has 0 aromatic heterocycles. The Kier molecular flexibility index (Phi) is 62.7. The van der Waals surface area contributed by atoms with Crippen molar-refractivity contribution in [1.29, 1.82) is 0 Å². The molecule has 1 atom stereocenters. The van der Waals surface area contributed by atoms with Crippen molar-refractivity contribution in [3.63, 3.8) is 0 Å². The van der Waals surface area contributed by atoms with Crippen molar-refractivity contribution in [2.45, 2.75) is 348 Å². The lowest BCUT2D eigenvalue weighted by molar-refractivity contribution is -0.167. The molecule has 446 valence electrons. The highest BCUT2D eigenvalue weighted by atomic mass is 16.6. The Bertz CT molecular complexity index is 1420. The molecule has 0 heterocycles. The summed E-state index contributed by atoms with van der Waals surface area (Å²) in [5.41, 5.74) is 0. The van der Waals surface area contributed by atoms with Gasteiger partial charge < -0.3 is 14.2 Å². The van der Waals surface area contributed by atoms with Crippen LogP contribution in [0.4, 0.5) is 0 Å². The van der Waals surface area contributed by atoms with Gasteiger partial charge in [-0.05, 0) is 109 Å². The van der Waals surface area contributed by atoms with E-state index in [9.17, 15) is 14.4 Å². The van der Waals surface area contributed by atoms with Crippen molar-refractivity contribution in [2.75, 3.05) is 13.2 Å². The van der Waals surface area contributed by atoms with E-state index in [4.69, 9.17) is 14.2 Å². The van der Waals surface area contributed by atoms with E-state index in [0.29, 0.717) is 19.3 Å². The summed E-state index contributed by atoms with van der Waals surface area (Å²) in [4.78, 5) is 38.4. The first kappa shape index (κ1) is 73.8. The maximum Gasteiger partial charge on any atom is 0.306 e. The van der Waals surface area contributed by atoms with Gasteiger partial charge >= 0.3 is 17.9 Å². The minimum absolute atomic E-state index is 0.0791. The molecule has 0 aromatic rings. The van der Waals surface area contributed by atoms with Crippen LogP contribution >= 0.6 is 0 Å². The first-order valence-electron chi connectivity index (χ1n) is 33.4. The zero-order valence-electron chi connectivity index (χ0n) is 51.2. The maximum absolute atomic E-state index is 12.9. The fourth-order valence-electron chi connectivity index (χ4n) is 9.66. The number of allylic oxidation sites excluding steroid dienone is 12. The topological polar surface area (TPSA) is 78.9 Å². The Balaban J connectivity index is 4.38. The van der Waals surface area contributed by atoms with Crippen molar-refractivity contribution >= 4 is 17.9 Å². The predicted octanol–water partition coefficient (Wildman–Crippen LogP) is 22.9. The number of hydrogen-bond donors (Lipinski definition) is 0. The van der Waals surface area contributed by atoms with Crippen molar-refractivity contribution in [2.24, 2.45) is 0 Å². The lowest BCUT2D eigenvalue weighted by Crippen LogP contribution is -2.30. The molecule has 0 aliphatic heterocycles. The number of carbonyl (C=O) groups excluding carboxylic acids is 3. The molecular weight excluding hydrogens is 949 g/mol. The third-order valence-electron chi connectivity index (χ3n) is 14.7. The lowest BCUT2D eigenvalue weighted by Gasteiger charge is -2.18. The predicted molar refractivity (Wildman–Crippen MR) is 335 cm³/mol. The fraction of sp³-hybridized carbons (Fsp3) is 0.789. The van der Waals surface area contributed by atoms with Crippen LogP contribution in [0.5, 0.6) is 0 Å². The van der Waals surface area contributed by atoms with E-state index >= 15 is 0 Å². The monoisotopic (exact) mass is 1070 g/mol. The third kappa shape index (κ3) is 63.6. The summed E-state index contributed by atoms with van der Waals surface area (Å²) in [7, 11) is 0. The molecule has 0 N–H and O–H groups in total. The molecule has 77 heavy (non-hydrogen) atoms. The summed E-state index contributed by atoms with van der Waals surface area (Å²) in [5, 5.41) is 0. The van der Waals surface area contributed by atoms with Crippen molar-refractivity contribution < 1.29 is 28.6 Å². The van der Waals surface area contributed by atoms with E-state index in [1.807, 2.05) is 0 Å². The minimum Gasteiger partial charge on any atom is -0.462 e. The first-order valence-corrected chi connectivity index (χ1v) is 33.4. The molecule has 1 unspecified atom stereocenters. The summed E-state index contributed by atoms with van der Waals surface area (Å²) >= 11 is 0. The normalized spacial score (nSPS) is 12.5. The SMILES string of the molecule is CC/C=C\C/C=C\C/C=C\C/C=C\CCCCCCCCCCC(=O)OCC(COC(=O)CCCCCCCCC/C=C\CCCCCCCC)OC(=O)CCCCCCCCCCC/C=C\CCCCCCCCCC. The molecular formula is C71H126O6. The van der Waals surface area contributed by atoms with Crippen molar-refractivity contribution in [1.82, 2.24) is 0 Å². The second-order valence-corrected chi connectivity index (χ2v) is 22.3. The van der Waals surface area contributed by atoms with Gasteiger partial charge in [0.15, 0.2) is 6.10 Å². The van der Waals surface area contributed by atoms with E-state index < -0.39 is 6.10 Å². The molecule has 0 rings (SSSR count). The van der Waals surface area contributed by atoms with Crippen LogP contribution in [0.15, 0.2) is 72.9 Å². The van der Waals surface area contributed by atoms with E-state index in [2.05, 4.69) is 93.7 Å². The highest BCUT2D eigenvalue weighted by Crippen LogP contribution is 2.17. The maximum atomic E-state index is 12.9. The third-order valence-corrected chi connectivity index (χ3v) is 14.7. The van der Waals surface area contributed by atoms with Crippen LogP contribution in [0.1, 0.15) is 342 Å². The second kappa shape index (κ2) is 65.4. The van der Waals surface area contributed by atoms with Crippen molar-refractivity contribution in [3.8, 4) is 0 Å². The Labute approximate surface area is 478 Å². The van der Waals surface area contributed by atoms with Gasteiger partial charge in [-0.1, -0.05) is 286 Å². The first-order chi connectivity index (χ1) is 38.0. The fourth-order valence-corrected chi connectivity index (χ4v) is 9.66. The van der Waals surface area contributed by atoms with E-state index in [1.165, 1.54) is 212 Å². The number of rotatable bonds is 61. The zero-order chi connectivity index (χ0) is 55.7. The summed E-state index contributed by atoms with van der Waals surface area (Å²) in [6.45, 7) is 6.56. The van der Waals surface area contributed by atoms with Gasteiger partial charge in [0.2, 0.25) is 0 Å². The number of ether oxygens (including phenoxy) is 3. The molecule has 0 bridgehead atoms. The highest BCUT2D eigenvalue weighted by molar-refractivity contribution is 5.71. The van der Waals surface area contributed by atoms with Gasteiger partial charge in [0, 0.05) is 19.3 Å². The number of esters is 3. The average Bonchev–Trinajstić information content (AvgIpc) is 3.43. The van der Waals surface area contributed by atoms with Gasteiger partial charge in [-0.15, -0.1) is 0 Å². The summed E-state index contributed by atoms with van der Waals surface area (Å²) in [5.74, 6) is -0.876. The Morgan fingerprint density at radius 1 is 0.273 bits per heavy atom. The smallest absolute Gasteiger partial charge is 0.306 e. The van der Waals surface area contributed by atoms with Crippen LogP contribution < -0.4 is 0 Å². The molecule has 0 amide bonds. The van der Waals surface area contributed by atoms with Gasteiger partial charge in [0.1, 0.15) is 13.2 Å². The van der Waals surface area contributed by atoms with Crippen LogP contribution in [0.25, 0.3) is 0 Å². The number of unbranched alkanes of at least 4 members (excludes halogenated alkanes) is 38. The van der Waals surface area contributed by atoms with E-state index in [-0.39, 0.29) is 31.1 Å². The lowest BCUT2D eigenvalue weighted by atomic mass is 10.1. The quantitative estimate of drug-likeness (QED) is 0.0261. The summed E-state index contributed by atoms with van der Waals surface area (Å²) < 4.78 is 17.0. The van der Waals surface area contributed by atoms with Crippen LogP contribution in [0.2, 0.25) is 0 Å². The largest absolute Gasteiger partial charge is 0.462 e. The van der Waals surface area contributed by atoms with Gasteiger partial charge in [-0.25, -0.2) is 0 Å². The van der Waals surface area contributed by atoms with Crippen molar-refractivity contribution in [3.05, 3.63) is 72.9 Å².